The number of pyridine rings is 1. The second-order valence-electron chi connectivity index (χ2n) is 7.93. The summed E-state index contributed by atoms with van der Waals surface area (Å²) in [6, 6.07) is 3.08. The zero-order valence-corrected chi connectivity index (χ0v) is 15.7. The van der Waals surface area contributed by atoms with Gasteiger partial charge in [-0.05, 0) is 59.1 Å². The number of esters is 1. The van der Waals surface area contributed by atoms with Crippen LogP contribution in [0, 0.1) is 5.95 Å². The number of hydrogen-bond acceptors (Lipinski definition) is 5. The van der Waals surface area contributed by atoms with Crippen LogP contribution in [0.25, 0.3) is 0 Å². The fourth-order valence-electron chi connectivity index (χ4n) is 2.97. The number of carbonyl (C=O) groups is 1. The first kappa shape index (κ1) is 19.8. The van der Waals surface area contributed by atoms with Gasteiger partial charge in [0.05, 0.1) is 18.6 Å². The second kappa shape index (κ2) is 7.79. The van der Waals surface area contributed by atoms with Gasteiger partial charge in [0.2, 0.25) is 5.95 Å². The molecule has 1 aromatic heterocycles. The molecular weight excluding hydrogens is 325 g/mol. The number of carbonyl (C=O) groups excluding carboxylic acids is 1. The maximum atomic E-state index is 12.9. The summed E-state index contributed by atoms with van der Waals surface area (Å²) in [6.07, 6.45) is 3.57. The maximum absolute atomic E-state index is 12.9. The molecule has 0 radical (unpaired) electrons. The van der Waals surface area contributed by atoms with Crippen molar-refractivity contribution in [1.29, 1.82) is 0 Å². The van der Waals surface area contributed by atoms with Crippen molar-refractivity contribution in [2.24, 2.45) is 0 Å². The predicted octanol–water partition coefficient (Wildman–Crippen LogP) is 3.80. The molecule has 0 saturated carbocycles. The summed E-state index contributed by atoms with van der Waals surface area (Å²) in [5.41, 5.74) is 0.449. The Morgan fingerprint density at radius 1 is 1.32 bits per heavy atom. The number of ether oxygens (including phenoxy) is 3. The highest BCUT2D eigenvalue weighted by Crippen LogP contribution is 2.31. The topological polar surface area (TPSA) is 57.7 Å². The fraction of sp³-hybridized carbons (Fsp3) is 0.684. The molecule has 5 nitrogen and oxygen atoms in total. The van der Waals surface area contributed by atoms with E-state index in [0.29, 0.717) is 6.42 Å². The lowest BCUT2D eigenvalue weighted by Gasteiger charge is -2.41. The Morgan fingerprint density at radius 3 is 2.60 bits per heavy atom. The van der Waals surface area contributed by atoms with E-state index in [1.807, 2.05) is 34.6 Å². The van der Waals surface area contributed by atoms with Crippen molar-refractivity contribution < 1.29 is 23.4 Å². The molecule has 0 aromatic carbocycles. The molecule has 2 heterocycles. The van der Waals surface area contributed by atoms with Crippen molar-refractivity contribution in [2.45, 2.75) is 83.9 Å². The van der Waals surface area contributed by atoms with Crippen molar-refractivity contribution in [3.05, 3.63) is 29.8 Å². The van der Waals surface area contributed by atoms with E-state index >= 15 is 0 Å². The summed E-state index contributed by atoms with van der Waals surface area (Å²) in [6.45, 7) is 9.24. The highest BCUT2D eigenvalue weighted by Gasteiger charge is 2.36. The Morgan fingerprint density at radius 2 is 2.00 bits per heavy atom. The van der Waals surface area contributed by atoms with E-state index in [4.69, 9.17) is 14.2 Å². The smallest absolute Gasteiger partial charge is 0.308 e. The normalized spacial score (nSPS) is 23.3. The van der Waals surface area contributed by atoms with Crippen LogP contribution in [-0.4, -0.2) is 34.5 Å². The Bertz CT molecular complexity index is 580. The number of aromatic nitrogens is 1. The molecule has 0 bridgehead atoms. The largest absolute Gasteiger partial charge is 0.460 e. The molecule has 2 rings (SSSR count). The standard InChI is InChI=1S/C19H28FNO4/c1-18(2,3)25-17(22)11-15-10-14(23-19(4,5)24-15)8-6-13-7-9-16(20)21-12-13/h7,9,12,14-15H,6,8,10-11H2,1-5H3/t14-,15-/m1/s1. The minimum atomic E-state index is -0.753. The lowest BCUT2D eigenvalue weighted by atomic mass is 10.00. The molecule has 0 N–H and O–H groups in total. The van der Waals surface area contributed by atoms with Crippen molar-refractivity contribution in [2.75, 3.05) is 0 Å². The molecule has 1 aliphatic rings. The monoisotopic (exact) mass is 353 g/mol. The van der Waals surface area contributed by atoms with Crippen LogP contribution in [0.4, 0.5) is 4.39 Å². The quantitative estimate of drug-likeness (QED) is 0.595. The summed E-state index contributed by atoms with van der Waals surface area (Å²) < 4.78 is 30.1. The minimum Gasteiger partial charge on any atom is -0.460 e. The zero-order chi connectivity index (χ0) is 18.7. The van der Waals surface area contributed by atoms with E-state index in [-0.39, 0.29) is 24.6 Å². The van der Waals surface area contributed by atoms with Gasteiger partial charge >= 0.3 is 5.97 Å². The average molecular weight is 353 g/mol. The van der Waals surface area contributed by atoms with Crippen LogP contribution in [-0.2, 0) is 25.4 Å². The summed E-state index contributed by atoms with van der Waals surface area (Å²) in [5.74, 6) is -1.50. The van der Waals surface area contributed by atoms with Crippen LogP contribution in [0.5, 0.6) is 0 Å². The molecular formula is C19H28FNO4. The fourth-order valence-corrected chi connectivity index (χ4v) is 2.97. The molecule has 0 amide bonds. The van der Waals surface area contributed by atoms with Gasteiger partial charge in [-0.2, -0.15) is 4.39 Å². The summed E-state index contributed by atoms with van der Waals surface area (Å²) in [5, 5.41) is 0. The first-order valence-electron chi connectivity index (χ1n) is 8.70. The van der Waals surface area contributed by atoms with Gasteiger partial charge in [-0.15, -0.1) is 0 Å². The molecule has 25 heavy (non-hydrogen) atoms. The Kier molecular flexibility index (Phi) is 6.16. The number of nitrogens with zero attached hydrogens (tertiary/aromatic N) is 1. The van der Waals surface area contributed by atoms with E-state index < -0.39 is 17.3 Å². The molecule has 1 saturated heterocycles. The molecule has 0 aliphatic carbocycles. The van der Waals surface area contributed by atoms with E-state index in [9.17, 15) is 9.18 Å². The Labute approximate surface area is 148 Å². The first-order valence-corrected chi connectivity index (χ1v) is 8.70. The average Bonchev–Trinajstić information content (AvgIpc) is 2.42. The van der Waals surface area contributed by atoms with Gasteiger partial charge in [0.25, 0.3) is 0 Å². The lowest BCUT2D eigenvalue weighted by Crippen LogP contribution is -2.45. The Hall–Kier alpha value is -1.53. The first-order chi connectivity index (χ1) is 11.5. The van der Waals surface area contributed by atoms with Crippen LogP contribution in [0.15, 0.2) is 18.3 Å². The third-order valence-electron chi connectivity index (χ3n) is 3.78. The lowest BCUT2D eigenvalue weighted by molar-refractivity contribution is -0.300. The van der Waals surface area contributed by atoms with Gasteiger partial charge in [-0.25, -0.2) is 4.98 Å². The van der Waals surface area contributed by atoms with Gasteiger partial charge in [-0.1, -0.05) is 6.07 Å². The number of halogens is 1. The van der Waals surface area contributed by atoms with E-state index in [2.05, 4.69) is 4.98 Å². The number of rotatable bonds is 5. The van der Waals surface area contributed by atoms with Crippen molar-refractivity contribution in [1.82, 2.24) is 4.98 Å². The maximum Gasteiger partial charge on any atom is 0.308 e. The van der Waals surface area contributed by atoms with Crippen LogP contribution in [0.1, 0.15) is 59.4 Å². The number of hydrogen-bond donors (Lipinski definition) is 0. The van der Waals surface area contributed by atoms with Gasteiger partial charge in [0.15, 0.2) is 5.79 Å². The van der Waals surface area contributed by atoms with Crippen LogP contribution < -0.4 is 0 Å². The third-order valence-corrected chi connectivity index (χ3v) is 3.78. The van der Waals surface area contributed by atoms with Crippen LogP contribution in [0.2, 0.25) is 0 Å². The number of aryl methyl sites for hydroxylation is 1. The van der Waals surface area contributed by atoms with E-state index in [1.54, 1.807) is 6.07 Å². The Balaban J connectivity index is 1.90. The molecule has 1 fully saturated rings. The molecule has 0 unspecified atom stereocenters. The molecule has 1 aromatic rings. The summed E-state index contributed by atoms with van der Waals surface area (Å²) >= 11 is 0. The SMILES string of the molecule is CC(C)(C)OC(=O)C[C@H]1C[C@@H](CCc2ccc(F)nc2)OC(C)(C)O1. The van der Waals surface area contributed by atoms with Crippen LogP contribution in [0.3, 0.4) is 0 Å². The summed E-state index contributed by atoms with van der Waals surface area (Å²) in [7, 11) is 0. The molecule has 140 valence electrons. The summed E-state index contributed by atoms with van der Waals surface area (Å²) in [4.78, 5) is 15.7. The van der Waals surface area contributed by atoms with E-state index in [0.717, 1.165) is 18.4 Å². The zero-order valence-electron chi connectivity index (χ0n) is 15.7. The molecule has 6 heteroatoms. The van der Waals surface area contributed by atoms with Crippen LogP contribution >= 0.6 is 0 Å². The predicted molar refractivity (Wildman–Crippen MR) is 91.4 cm³/mol. The van der Waals surface area contributed by atoms with Gasteiger partial charge in [-0.3, -0.25) is 4.79 Å². The minimum absolute atomic E-state index is 0.0405. The van der Waals surface area contributed by atoms with Gasteiger partial charge in [0, 0.05) is 12.6 Å². The van der Waals surface area contributed by atoms with E-state index in [1.165, 1.54) is 12.3 Å². The van der Waals surface area contributed by atoms with Crippen molar-refractivity contribution >= 4 is 5.97 Å². The highest BCUT2D eigenvalue weighted by atomic mass is 19.1. The molecule has 0 spiro atoms. The van der Waals surface area contributed by atoms with Gasteiger partial charge < -0.3 is 14.2 Å². The van der Waals surface area contributed by atoms with Gasteiger partial charge in [0.1, 0.15) is 5.60 Å². The highest BCUT2D eigenvalue weighted by molar-refractivity contribution is 5.70. The van der Waals surface area contributed by atoms with Crippen molar-refractivity contribution in [3.63, 3.8) is 0 Å². The van der Waals surface area contributed by atoms with Crippen molar-refractivity contribution in [3.8, 4) is 0 Å². The second-order valence-corrected chi connectivity index (χ2v) is 7.93. The molecule has 1 aliphatic heterocycles. The molecule has 2 atom stereocenters. The third kappa shape index (κ3) is 7.08.